The zero-order valence-corrected chi connectivity index (χ0v) is 11.2. The van der Waals surface area contributed by atoms with E-state index in [-0.39, 0.29) is 12.6 Å². The number of carbonyl (C=O) groups excluding carboxylic acids is 1. The Labute approximate surface area is 117 Å². The molecule has 0 aromatic heterocycles. The molecule has 0 bridgehead atoms. The molecule has 0 aliphatic heterocycles. The van der Waals surface area contributed by atoms with E-state index in [4.69, 9.17) is 14.2 Å². The molecule has 0 radical (unpaired) electrons. The summed E-state index contributed by atoms with van der Waals surface area (Å²) < 4.78 is 15.8. The van der Waals surface area contributed by atoms with Crippen molar-refractivity contribution in [3.05, 3.63) is 54.6 Å². The average Bonchev–Trinajstić information content (AvgIpc) is 2.47. The molecule has 0 aliphatic rings. The lowest BCUT2D eigenvalue weighted by atomic mass is 10.3. The molecule has 2 aromatic rings. The van der Waals surface area contributed by atoms with Crippen LogP contribution in [-0.2, 0) is 9.53 Å². The third kappa shape index (κ3) is 4.31. The van der Waals surface area contributed by atoms with E-state index >= 15 is 0 Å². The predicted octanol–water partition coefficient (Wildman–Crippen LogP) is 3.42. The van der Waals surface area contributed by atoms with Gasteiger partial charge in [0.2, 0.25) is 0 Å². The molecule has 0 fully saturated rings. The van der Waals surface area contributed by atoms with E-state index in [1.54, 1.807) is 25.1 Å². The number of para-hydroxylation sites is 1. The third-order valence-electron chi connectivity index (χ3n) is 2.45. The molecular weight excluding hydrogens is 256 g/mol. The van der Waals surface area contributed by atoms with E-state index in [1.165, 1.54) is 0 Å². The summed E-state index contributed by atoms with van der Waals surface area (Å²) >= 11 is 0. The first-order valence-electron chi connectivity index (χ1n) is 6.39. The minimum Gasteiger partial charge on any atom is -0.482 e. The van der Waals surface area contributed by atoms with Crippen molar-refractivity contribution in [2.24, 2.45) is 0 Å². The van der Waals surface area contributed by atoms with Crippen LogP contribution in [0.25, 0.3) is 0 Å². The monoisotopic (exact) mass is 272 g/mol. The summed E-state index contributed by atoms with van der Waals surface area (Å²) in [6, 6.07) is 16.6. The van der Waals surface area contributed by atoms with Crippen molar-refractivity contribution in [3.8, 4) is 17.2 Å². The van der Waals surface area contributed by atoms with E-state index in [0.29, 0.717) is 18.1 Å². The minimum absolute atomic E-state index is 0.109. The second-order valence-corrected chi connectivity index (χ2v) is 3.98. The van der Waals surface area contributed by atoms with Gasteiger partial charge in [-0.15, -0.1) is 0 Å². The van der Waals surface area contributed by atoms with Gasteiger partial charge in [-0.3, -0.25) is 0 Å². The van der Waals surface area contributed by atoms with Crippen molar-refractivity contribution < 1.29 is 19.0 Å². The van der Waals surface area contributed by atoms with Gasteiger partial charge in [0.25, 0.3) is 0 Å². The molecule has 20 heavy (non-hydrogen) atoms. The van der Waals surface area contributed by atoms with E-state index in [0.717, 1.165) is 5.75 Å². The van der Waals surface area contributed by atoms with Crippen molar-refractivity contribution in [2.75, 3.05) is 13.2 Å². The standard InChI is InChI=1S/C16H16O4/c1-2-18-16(17)12-19-14-9-6-10-15(11-14)20-13-7-4-3-5-8-13/h3-11H,2,12H2,1H3. The zero-order valence-electron chi connectivity index (χ0n) is 11.2. The van der Waals surface area contributed by atoms with Crippen LogP contribution in [0.15, 0.2) is 54.6 Å². The summed E-state index contributed by atoms with van der Waals surface area (Å²) in [7, 11) is 0. The molecule has 2 aromatic carbocycles. The molecule has 0 aliphatic carbocycles. The van der Waals surface area contributed by atoms with Gasteiger partial charge in [-0.1, -0.05) is 24.3 Å². The smallest absolute Gasteiger partial charge is 0.344 e. The fourth-order valence-electron chi connectivity index (χ4n) is 1.60. The molecule has 2 rings (SSSR count). The Morgan fingerprint density at radius 2 is 1.65 bits per heavy atom. The van der Waals surface area contributed by atoms with Crippen LogP contribution in [0.4, 0.5) is 0 Å². The van der Waals surface area contributed by atoms with Crippen LogP contribution in [0.5, 0.6) is 17.2 Å². The van der Waals surface area contributed by atoms with Crippen LogP contribution >= 0.6 is 0 Å². The summed E-state index contributed by atoms with van der Waals surface area (Å²) in [6.07, 6.45) is 0. The van der Waals surface area contributed by atoms with Crippen molar-refractivity contribution in [3.63, 3.8) is 0 Å². The lowest BCUT2D eigenvalue weighted by Gasteiger charge is -2.09. The lowest BCUT2D eigenvalue weighted by molar-refractivity contribution is -0.145. The van der Waals surface area contributed by atoms with Gasteiger partial charge in [0.15, 0.2) is 6.61 Å². The molecule has 0 saturated heterocycles. The Kier molecular flexibility index (Phi) is 5.00. The van der Waals surface area contributed by atoms with Gasteiger partial charge in [-0.25, -0.2) is 4.79 Å². The van der Waals surface area contributed by atoms with Crippen molar-refractivity contribution in [2.45, 2.75) is 6.92 Å². The summed E-state index contributed by atoms with van der Waals surface area (Å²) in [5.74, 6) is 1.57. The van der Waals surface area contributed by atoms with Gasteiger partial charge in [-0.2, -0.15) is 0 Å². The molecule has 0 atom stereocenters. The molecule has 4 nitrogen and oxygen atoms in total. The van der Waals surface area contributed by atoms with E-state index in [2.05, 4.69) is 0 Å². The molecule has 0 spiro atoms. The SMILES string of the molecule is CCOC(=O)COc1cccc(Oc2ccccc2)c1. The molecule has 0 saturated carbocycles. The highest BCUT2D eigenvalue weighted by Gasteiger charge is 2.04. The highest BCUT2D eigenvalue weighted by atomic mass is 16.6. The quantitative estimate of drug-likeness (QED) is 0.756. The number of esters is 1. The van der Waals surface area contributed by atoms with Crippen LogP contribution in [0.2, 0.25) is 0 Å². The maximum Gasteiger partial charge on any atom is 0.344 e. The molecule has 0 unspecified atom stereocenters. The molecule has 0 amide bonds. The maximum atomic E-state index is 11.2. The Morgan fingerprint density at radius 1 is 0.950 bits per heavy atom. The molecular formula is C16H16O4. The first kappa shape index (κ1) is 13.9. The fraction of sp³-hybridized carbons (Fsp3) is 0.188. The van der Waals surface area contributed by atoms with Gasteiger partial charge in [0.1, 0.15) is 17.2 Å². The zero-order chi connectivity index (χ0) is 14.2. The highest BCUT2D eigenvalue weighted by molar-refractivity contribution is 5.71. The minimum atomic E-state index is -0.387. The maximum absolute atomic E-state index is 11.2. The molecule has 0 heterocycles. The van der Waals surface area contributed by atoms with Crippen molar-refractivity contribution in [1.82, 2.24) is 0 Å². The number of carbonyl (C=O) groups is 1. The largest absolute Gasteiger partial charge is 0.482 e. The first-order valence-corrected chi connectivity index (χ1v) is 6.39. The third-order valence-corrected chi connectivity index (χ3v) is 2.45. The lowest BCUT2D eigenvalue weighted by Crippen LogP contribution is -2.14. The summed E-state index contributed by atoms with van der Waals surface area (Å²) in [5, 5.41) is 0. The number of benzene rings is 2. The van der Waals surface area contributed by atoms with Crippen molar-refractivity contribution >= 4 is 5.97 Å². The van der Waals surface area contributed by atoms with Gasteiger partial charge in [-0.05, 0) is 31.2 Å². The molecule has 104 valence electrons. The summed E-state index contributed by atoms with van der Waals surface area (Å²) in [5.41, 5.74) is 0. The first-order chi connectivity index (χ1) is 9.78. The second kappa shape index (κ2) is 7.19. The summed E-state index contributed by atoms with van der Waals surface area (Å²) in [6.45, 7) is 1.99. The Morgan fingerprint density at radius 3 is 2.40 bits per heavy atom. The number of ether oxygens (including phenoxy) is 3. The van der Waals surface area contributed by atoms with E-state index in [9.17, 15) is 4.79 Å². The fourth-order valence-corrected chi connectivity index (χ4v) is 1.60. The van der Waals surface area contributed by atoms with E-state index < -0.39 is 0 Å². The Balaban J connectivity index is 1.96. The van der Waals surface area contributed by atoms with Gasteiger partial charge in [0, 0.05) is 6.07 Å². The highest BCUT2D eigenvalue weighted by Crippen LogP contribution is 2.24. The van der Waals surface area contributed by atoms with Gasteiger partial charge in [0.05, 0.1) is 6.61 Å². The Hall–Kier alpha value is -2.49. The normalized spacial score (nSPS) is 9.85. The predicted molar refractivity (Wildman–Crippen MR) is 75.1 cm³/mol. The Bertz CT molecular complexity index is 551. The number of hydrogen-bond acceptors (Lipinski definition) is 4. The average molecular weight is 272 g/mol. The second-order valence-electron chi connectivity index (χ2n) is 3.98. The van der Waals surface area contributed by atoms with Gasteiger partial charge >= 0.3 is 5.97 Å². The van der Waals surface area contributed by atoms with Crippen molar-refractivity contribution in [1.29, 1.82) is 0 Å². The number of rotatable bonds is 6. The van der Waals surface area contributed by atoms with Crippen LogP contribution in [0.1, 0.15) is 6.92 Å². The summed E-state index contributed by atoms with van der Waals surface area (Å²) in [4.78, 5) is 11.2. The number of hydrogen-bond donors (Lipinski definition) is 0. The molecule has 0 N–H and O–H groups in total. The van der Waals surface area contributed by atoms with Crippen LogP contribution in [0, 0.1) is 0 Å². The molecule has 4 heteroatoms. The topological polar surface area (TPSA) is 44.8 Å². The van der Waals surface area contributed by atoms with Crippen LogP contribution in [0.3, 0.4) is 0 Å². The van der Waals surface area contributed by atoms with Crippen LogP contribution in [-0.4, -0.2) is 19.2 Å². The van der Waals surface area contributed by atoms with Crippen LogP contribution < -0.4 is 9.47 Å². The van der Waals surface area contributed by atoms with E-state index in [1.807, 2.05) is 36.4 Å². The van der Waals surface area contributed by atoms with Gasteiger partial charge < -0.3 is 14.2 Å².